The van der Waals surface area contributed by atoms with Crippen LogP contribution >= 0.6 is 15.9 Å². The number of nitrogens with one attached hydrogen (secondary N) is 1. The van der Waals surface area contributed by atoms with Crippen molar-refractivity contribution in [1.82, 2.24) is 9.88 Å². The molecule has 0 saturated carbocycles. The van der Waals surface area contributed by atoms with E-state index in [2.05, 4.69) is 43.3 Å². The molecular weight excluding hydrogens is 366 g/mol. The van der Waals surface area contributed by atoms with E-state index < -0.39 is 0 Å². The molecule has 4 nitrogen and oxygen atoms in total. The van der Waals surface area contributed by atoms with Gasteiger partial charge in [0.2, 0.25) is 5.91 Å². The molecule has 1 atom stereocenters. The van der Waals surface area contributed by atoms with Crippen molar-refractivity contribution in [2.75, 3.05) is 18.4 Å². The minimum absolute atomic E-state index is 0.0514. The highest BCUT2D eigenvalue weighted by molar-refractivity contribution is 9.10. The quantitative estimate of drug-likeness (QED) is 0.860. The average Bonchev–Trinajstić information content (AvgIpc) is 2.62. The first kappa shape index (κ1) is 17.1. The molecule has 0 radical (unpaired) electrons. The molecule has 5 heteroatoms. The lowest BCUT2D eigenvalue weighted by molar-refractivity contribution is -0.121. The van der Waals surface area contributed by atoms with Crippen molar-refractivity contribution < 1.29 is 4.79 Å². The Bertz CT molecular complexity index is 684. The molecule has 2 heterocycles. The SMILES string of the molecule is C[C@H](C(=O)Nc1cccc(Br)c1)N1CCC(c2ccncc2)CC1. The topological polar surface area (TPSA) is 45.2 Å². The number of halogens is 1. The molecule has 0 unspecified atom stereocenters. The van der Waals surface area contributed by atoms with Gasteiger partial charge in [0.1, 0.15) is 0 Å². The van der Waals surface area contributed by atoms with Crippen LogP contribution in [0.4, 0.5) is 5.69 Å². The zero-order chi connectivity index (χ0) is 16.9. The van der Waals surface area contributed by atoms with Crippen molar-refractivity contribution in [3.8, 4) is 0 Å². The Morgan fingerprint density at radius 2 is 1.96 bits per heavy atom. The van der Waals surface area contributed by atoms with Gasteiger partial charge >= 0.3 is 0 Å². The second-order valence-electron chi connectivity index (χ2n) is 6.27. The lowest BCUT2D eigenvalue weighted by Crippen LogP contribution is -2.45. The molecular formula is C19H22BrN3O. The molecule has 1 aliphatic rings. The Kier molecular flexibility index (Phi) is 5.63. The molecule has 1 aliphatic heterocycles. The molecule has 1 aromatic heterocycles. The summed E-state index contributed by atoms with van der Waals surface area (Å²) in [5, 5.41) is 3.00. The predicted molar refractivity (Wildman–Crippen MR) is 100 cm³/mol. The Balaban J connectivity index is 1.55. The fourth-order valence-corrected chi connectivity index (χ4v) is 3.63. The summed E-state index contributed by atoms with van der Waals surface area (Å²) in [7, 11) is 0. The van der Waals surface area contributed by atoms with E-state index in [0.29, 0.717) is 5.92 Å². The van der Waals surface area contributed by atoms with E-state index in [-0.39, 0.29) is 11.9 Å². The van der Waals surface area contributed by atoms with Gasteiger partial charge in [0.25, 0.3) is 0 Å². The highest BCUT2D eigenvalue weighted by atomic mass is 79.9. The Morgan fingerprint density at radius 3 is 2.62 bits per heavy atom. The molecule has 24 heavy (non-hydrogen) atoms. The summed E-state index contributed by atoms with van der Waals surface area (Å²) in [5.41, 5.74) is 2.18. The number of anilines is 1. The minimum Gasteiger partial charge on any atom is -0.325 e. The third-order valence-corrected chi connectivity index (χ3v) is 5.22. The number of hydrogen-bond donors (Lipinski definition) is 1. The zero-order valence-electron chi connectivity index (χ0n) is 13.8. The number of piperidine rings is 1. The largest absolute Gasteiger partial charge is 0.325 e. The van der Waals surface area contributed by atoms with Crippen LogP contribution in [0.3, 0.4) is 0 Å². The van der Waals surface area contributed by atoms with Gasteiger partial charge in [0.05, 0.1) is 6.04 Å². The number of likely N-dealkylation sites (tertiary alicyclic amines) is 1. The fraction of sp³-hybridized carbons (Fsp3) is 0.368. The van der Waals surface area contributed by atoms with Crippen LogP contribution in [0.15, 0.2) is 53.3 Å². The number of amides is 1. The first-order chi connectivity index (χ1) is 11.6. The zero-order valence-corrected chi connectivity index (χ0v) is 15.4. The lowest BCUT2D eigenvalue weighted by Gasteiger charge is -2.35. The van der Waals surface area contributed by atoms with Crippen molar-refractivity contribution in [2.24, 2.45) is 0 Å². The molecule has 1 aromatic carbocycles. The van der Waals surface area contributed by atoms with Crippen LogP contribution in [0.2, 0.25) is 0 Å². The van der Waals surface area contributed by atoms with Crippen LogP contribution < -0.4 is 5.32 Å². The molecule has 0 bridgehead atoms. The number of carbonyl (C=O) groups is 1. The van der Waals surface area contributed by atoms with E-state index in [1.165, 1.54) is 5.56 Å². The van der Waals surface area contributed by atoms with Gasteiger partial charge in [0, 0.05) is 22.6 Å². The van der Waals surface area contributed by atoms with Crippen LogP contribution in [0.25, 0.3) is 0 Å². The van der Waals surface area contributed by atoms with E-state index >= 15 is 0 Å². The average molecular weight is 388 g/mol. The van der Waals surface area contributed by atoms with Crippen molar-refractivity contribution in [3.05, 3.63) is 58.8 Å². The van der Waals surface area contributed by atoms with Crippen LogP contribution in [-0.4, -0.2) is 34.9 Å². The maximum absolute atomic E-state index is 12.5. The number of hydrogen-bond acceptors (Lipinski definition) is 3. The van der Waals surface area contributed by atoms with Gasteiger partial charge in [-0.25, -0.2) is 0 Å². The highest BCUT2D eigenvalue weighted by Crippen LogP contribution is 2.28. The van der Waals surface area contributed by atoms with E-state index in [1.807, 2.05) is 43.6 Å². The number of nitrogens with zero attached hydrogens (tertiary/aromatic N) is 2. The first-order valence-corrected chi connectivity index (χ1v) is 9.13. The fourth-order valence-electron chi connectivity index (χ4n) is 3.23. The van der Waals surface area contributed by atoms with Crippen LogP contribution in [-0.2, 0) is 4.79 Å². The van der Waals surface area contributed by atoms with Crippen LogP contribution in [0.5, 0.6) is 0 Å². The third kappa shape index (κ3) is 4.22. The van der Waals surface area contributed by atoms with E-state index in [9.17, 15) is 4.79 Å². The number of pyridine rings is 1. The molecule has 1 fully saturated rings. The van der Waals surface area contributed by atoms with E-state index in [1.54, 1.807) is 0 Å². The van der Waals surface area contributed by atoms with E-state index in [0.717, 1.165) is 36.1 Å². The molecule has 126 valence electrons. The summed E-state index contributed by atoms with van der Waals surface area (Å²) >= 11 is 3.43. The monoisotopic (exact) mass is 387 g/mol. The van der Waals surface area contributed by atoms with Gasteiger partial charge in [-0.05, 0) is 74.7 Å². The van der Waals surface area contributed by atoms with Crippen molar-refractivity contribution >= 4 is 27.5 Å². The van der Waals surface area contributed by atoms with Gasteiger partial charge in [0.15, 0.2) is 0 Å². The molecule has 1 amide bonds. The van der Waals surface area contributed by atoms with Crippen molar-refractivity contribution in [3.63, 3.8) is 0 Å². The van der Waals surface area contributed by atoms with Gasteiger partial charge < -0.3 is 5.32 Å². The third-order valence-electron chi connectivity index (χ3n) is 4.73. The summed E-state index contributed by atoms with van der Waals surface area (Å²) in [6.07, 6.45) is 5.88. The molecule has 1 saturated heterocycles. The first-order valence-electron chi connectivity index (χ1n) is 8.34. The Morgan fingerprint density at radius 1 is 1.25 bits per heavy atom. The molecule has 1 N–H and O–H groups in total. The molecule has 0 aliphatic carbocycles. The number of aromatic nitrogens is 1. The van der Waals surface area contributed by atoms with Gasteiger partial charge in [-0.3, -0.25) is 14.7 Å². The number of rotatable bonds is 4. The summed E-state index contributed by atoms with van der Waals surface area (Å²) in [6.45, 7) is 3.88. The second kappa shape index (κ2) is 7.90. The van der Waals surface area contributed by atoms with Gasteiger partial charge in [-0.15, -0.1) is 0 Å². The summed E-state index contributed by atoms with van der Waals surface area (Å²) in [6, 6.07) is 11.8. The normalized spacial score (nSPS) is 17.4. The van der Waals surface area contributed by atoms with Crippen LogP contribution in [0, 0.1) is 0 Å². The smallest absolute Gasteiger partial charge is 0.241 e. The standard InChI is InChI=1S/C19H22BrN3O/c1-14(19(24)22-18-4-2-3-17(20)13-18)23-11-7-16(8-12-23)15-5-9-21-10-6-15/h2-6,9-10,13-14,16H,7-8,11-12H2,1H3,(H,22,24)/t14-/m1/s1. The summed E-state index contributed by atoms with van der Waals surface area (Å²) in [4.78, 5) is 18.9. The minimum atomic E-state index is -0.123. The van der Waals surface area contributed by atoms with Gasteiger partial charge in [-0.1, -0.05) is 22.0 Å². The van der Waals surface area contributed by atoms with E-state index in [4.69, 9.17) is 0 Å². The summed E-state index contributed by atoms with van der Waals surface area (Å²) in [5.74, 6) is 0.625. The number of carbonyl (C=O) groups excluding carboxylic acids is 1. The molecule has 0 spiro atoms. The Labute approximate surface area is 151 Å². The second-order valence-corrected chi connectivity index (χ2v) is 7.18. The lowest BCUT2D eigenvalue weighted by atomic mass is 9.89. The Hall–Kier alpha value is -1.72. The van der Waals surface area contributed by atoms with Crippen LogP contribution in [0.1, 0.15) is 31.2 Å². The maximum Gasteiger partial charge on any atom is 0.241 e. The molecule has 3 rings (SSSR count). The van der Waals surface area contributed by atoms with Crippen molar-refractivity contribution in [1.29, 1.82) is 0 Å². The molecule has 2 aromatic rings. The number of benzene rings is 1. The van der Waals surface area contributed by atoms with Crippen molar-refractivity contribution in [2.45, 2.75) is 31.7 Å². The highest BCUT2D eigenvalue weighted by Gasteiger charge is 2.27. The maximum atomic E-state index is 12.5. The predicted octanol–water partition coefficient (Wildman–Crippen LogP) is 4.05. The van der Waals surface area contributed by atoms with Gasteiger partial charge in [-0.2, -0.15) is 0 Å². The summed E-state index contributed by atoms with van der Waals surface area (Å²) < 4.78 is 0.964.